The van der Waals surface area contributed by atoms with Gasteiger partial charge in [0, 0.05) is 13.1 Å². The minimum atomic E-state index is -0.194. The number of aryl methyl sites for hydroxylation is 1. The third kappa shape index (κ3) is 4.87. The maximum absolute atomic E-state index is 11.5. The first-order chi connectivity index (χ1) is 10.3. The molecule has 0 fully saturated rings. The Hall–Kier alpha value is -2.43. The van der Waals surface area contributed by atoms with Gasteiger partial charge in [-0.25, -0.2) is 0 Å². The molecule has 2 rings (SSSR count). The zero-order chi connectivity index (χ0) is 14.9. The van der Waals surface area contributed by atoms with Gasteiger partial charge in [0.2, 0.25) is 0 Å². The number of anilines is 1. The van der Waals surface area contributed by atoms with Crippen molar-refractivity contribution in [3.8, 4) is 0 Å². The van der Waals surface area contributed by atoms with Crippen molar-refractivity contribution >= 4 is 11.7 Å². The molecule has 1 amide bonds. The van der Waals surface area contributed by atoms with Gasteiger partial charge in [-0.2, -0.15) is 0 Å². The summed E-state index contributed by atoms with van der Waals surface area (Å²) in [6.07, 6.45) is 2.04. The van der Waals surface area contributed by atoms with Crippen LogP contribution in [0, 0.1) is 0 Å². The Morgan fingerprint density at radius 3 is 2.57 bits per heavy atom. The lowest BCUT2D eigenvalue weighted by Crippen LogP contribution is -2.24. The van der Waals surface area contributed by atoms with E-state index in [2.05, 4.69) is 33.0 Å². The molecule has 1 aromatic carbocycles. The largest absolute Gasteiger partial charge is 0.369 e. The second-order valence-electron chi connectivity index (χ2n) is 4.68. The smallest absolute Gasteiger partial charge is 0.271 e. The van der Waals surface area contributed by atoms with E-state index in [4.69, 9.17) is 0 Å². The van der Waals surface area contributed by atoms with E-state index in [0.717, 1.165) is 19.4 Å². The zero-order valence-corrected chi connectivity index (χ0v) is 12.2. The van der Waals surface area contributed by atoms with Crippen LogP contribution < -0.4 is 10.6 Å². The lowest BCUT2D eigenvalue weighted by atomic mass is 10.1. The Kier molecular flexibility index (Phi) is 5.70. The molecule has 0 unspecified atom stereocenters. The first-order valence-corrected chi connectivity index (χ1v) is 7.19. The van der Waals surface area contributed by atoms with E-state index >= 15 is 0 Å². The van der Waals surface area contributed by atoms with Crippen molar-refractivity contribution in [2.75, 3.05) is 18.4 Å². The molecule has 1 aromatic heterocycles. The van der Waals surface area contributed by atoms with Crippen molar-refractivity contribution < 1.29 is 4.79 Å². The molecule has 0 aliphatic heterocycles. The molecule has 110 valence electrons. The molecule has 0 atom stereocenters. The number of hydrogen-bond donors (Lipinski definition) is 2. The number of carbonyl (C=O) groups is 1. The van der Waals surface area contributed by atoms with Gasteiger partial charge in [0.05, 0.1) is 0 Å². The van der Waals surface area contributed by atoms with Gasteiger partial charge in [0.15, 0.2) is 5.69 Å². The Morgan fingerprint density at radius 2 is 1.90 bits per heavy atom. The van der Waals surface area contributed by atoms with Crippen LogP contribution in [0.2, 0.25) is 0 Å². The monoisotopic (exact) mass is 284 g/mol. The van der Waals surface area contributed by atoms with Gasteiger partial charge in [-0.05, 0) is 37.5 Å². The summed E-state index contributed by atoms with van der Waals surface area (Å²) in [5, 5.41) is 13.8. The van der Waals surface area contributed by atoms with E-state index in [9.17, 15) is 4.79 Å². The van der Waals surface area contributed by atoms with Crippen LogP contribution in [0.5, 0.6) is 0 Å². The van der Waals surface area contributed by atoms with Crippen LogP contribution in [0.1, 0.15) is 29.4 Å². The summed E-state index contributed by atoms with van der Waals surface area (Å²) in [5.41, 5.74) is 1.67. The van der Waals surface area contributed by atoms with Gasteiger partial charge in [0.1, 0.15) is 5.82 Å². The Morgan fingerprint density at radius 1 is 1.10 bits per heavy atom. The minimum absolute atomic E-state index is 0.194. The highest BCUT2D eigenvalue weighted by atomic mass is 16.1. The fourth-order valence-electron chi connectivity index (χ4n) is 1.95. The maximum atomic E-state index is 11.5. The van der Waals surface area contributed by atoms with Crippen LogP contribution in [0.25, 0.3) is 0 Å². The predicted molar refractivity (Wildman–Crippen MR) is 83.3 cm³/mol. The van der Waals surface area contributed by atoms with Gasteiger partial charge >= 0.3 is 0 Å². The summed E-state index contributed by atoms with van der Waals surface area (Å²) < 4.78 is 0. The van der Waals surface area contributed by atoms with Crippen LogP contribution in [0.4, 0.5) is 5.82 Å². The molecule has 0 radical (unpaired) electrons. The molecule has 0 bridgehead atoms. The number of rotatable bonds is 7. The standard InChI is InChI=1S/C16H20N4O/c1-2-17-16(21)14-10-11-15(20-19-14)18-12-6-9-13-7-4-3-5-8-13/h3-5,7-8,10-11H,2,6,9,12H2,1H3,(H,17,21)(H,18,20). The lowest BCUT2D eigenvalue weighted by molar-refractivity contribution is 0.0950. The summed E-state index contributed by atoms with van der Waals surface area (Å²) in [5.74, 6) is 0.497. The first-order valence-electron chi connectivity index (χ1n) is 7.19. The molecule has 0 saturated carbocycles. The van der Waals surface area contributed by atoms with Crippen molar-refractivity contribution in [2.24, 2.45) is 0 Å². The molecule has 5 nitrogen and oxygen atoms in total. The highest BCUT2D eigenvalue weighted by Crippen LogP contribution is 2.05. The number of amides is 1. The molecule has 0 aliphatic carbocycles. The van der Waals surface area contributed by atoms with Crippen LogP contribution in [-0.4, -0.2) is 29.2 Å². The van der Waals surface area contributed by atoms with Gasteiger partial charge in [-0.15, -0.1) is 10.2 Å². The van der Waals surface area contributed by atoms with Crippen LogP contribution in [-0.2, 0) is 6.42 Å². The zero-order valence-electron chi connectivity index (χ0n) is 12.2. The second-order valence-corrected chi connectivity index (χ2v) is 4.68. The number of nitrogens with one attached hydrogen (secondary N) is 2. The van der Waals surface area contributed by atoms with Gasteiger partial charge in [0.25, 0.3) is 5.91 Å². The third-order valence-electron chi connectivity index (χ3n) is 3.03. The van der Waals surface area contributed by atoms with Crippen LogP contribution >= 0.6 is 0 Å². The number of aromatic nitrogens is 2. The van der Waals surface area contributed by atoms with Crippen molar-refractivity contribution in [2.45, 2.75) is 19.8 Å². The highest BCUT2D eigenvalue weighted by Gasteiger charge is 2.06. The van der Waals surface area contributed by atoms with E-state index in [1.54, 1.807) is 12.1 Å². The number of carbonyl (C=O) groups excluding carboxylic acids is 1. The topological polar surface area (TPSA) is 66.9 Å². The number of hydrogen-bond acceptors (Lipinski definition) is 4. The minimum Gasteiger partial charge on any atom is -0.369 e. The SMILES string of the molecule is CCNC(=O)c1ccc(NCCCc2ccccc2)nn1. The Bertz CT molecular complexity index is 554. The van der Waals surface area contributed by atoms with Crippen LogP contribution in [0.15, 0.2) is 42.5 Å². The molecule has 2 aromatic rings. The summed E-state index contributed by atoms with van der Waals surface area (Å²) in [4.78, 5) is 11.5. The maximum Gasteiger partial charge on any atom is 0.271 e. The molecule has 2 N–H and O–H groups in total. The van der Waals surface area contributed by atoms with Gasteiger partial charge in [-0.3, -0.25) is 4.79 Å². The molecule has 5 heteroatoms. The van der Waals surface area contributed by atoms with E-state index in [-0.39, 0.29) is 5.91 Å². The first kappa shape index (κ1) is 15.0. The van der Waals surface area contributed by atoms with Crippen LogP contribution in [0.3, 0.4) is 0 Å². The molecule has 0 saturated heterocycles. The van der Waals surface area contributed by atoms with Gasteiger partial charge < -0.3 is 10.6 Å². The predicted octanol–water partition coefficient (Wildman–Crippen LogP) is 2.27. The summed E-state index contributed by atoms with van der Waals surface area (Å²) >= 11 is 0. The fourth-order valence-corrected chi connectivity index (χ4v) is 1.95. The van der Waals surface area contributed by atoms with Crippen molar-refractivity contribution in [1.82, 2.24) is 15.5 Å². The average molecular weight is 284 g/mol. The summed E-state index contributed by atoms with van der Waals surface area (Å²) in [7, 11) is 0. The molecular weight excluding hydrogens is 264 g/mol. The van der Waals surface area contributed by atoms with Crippen molar-refractivity contribution in [1.29, 1.82) is 0 Å². The molecule has 0 spiro atoms. The molecular formula is C16H20N4O. The second kappa shape index (κ2) is 7.99. The van der Waals surface area contributed by atoms with Crippen molar-refractivity contribution in [3.63, 3.8) is 0 Å². The third-order valence-corrected chi connectivity index (χ3v) is 3.03. The number of nitrogens with zero attached hydrogens (tertiary/aromatic N) is 2. The van der Waals surface area contributed by atoms with E-state index in [0.29, 0.717) is 18.1 Å². The Labute approximate surface area is 124 Å². The van der Waals surface area contributed by atoms with E-state index in [1.165, 1.54) is 5.56 Å². The fraction of sp³-hybridized carbons (Fsp3) is 0.312. The Balaban J connectivity index is 1.75. The summed E-state index contributed by atoms with van der Waals surface area (Å²) in [6.45, 7) is 3.28. The number of benzene rings is 1. The average Bonchev–Trinajstić information content (AvgIpc) is 2.53. The normalized spacial score (nSPS) is 10.1. The van der Waals surface area contributed by atoms with Gasteiger partial charge in [-0.1, -0.05) is 30.3 Å². The van der Waals surface area contributed by atoms with E-state index in [1.807, 2.05) is 25.1 Å². The summed E-state index contributed by atoms with van der Waals surface area (Å²) in [6, 6.07) is 13.8. The molecule has 1 heterocycles. The van der Waals surface area contributed by atoms with Crippen molar-refractivity contribution in [3.05, 3.63) is 53.7 Å². The lowest BCUT2D eigenvalue weighted by Gasteiger charge is -2.06. The van der Waals surface area contributed by atoms with E-state index < -0.39 is 0 Å². The quantitative estimate of drug-likeness (QED) is 0.765. The molecule has 21 heavy (non-hydrogen) atoms. The molecule has 0 aliphatic rings. The highest BCUT2D eigenvalue weighted by molar-refractivity contribution is 5.92.